The van der Waals surface area contributed by atoms with Crippen molar-refractivity contribution in [3.05, 3.63) is 28.8 Å². The zero-order chi connectivity index (χ0) is 19.3. The quantitative estimate of drug-likeness (QED) is 0.776. The van der Waals surface area contributed by atoms with E-state index in [1.54, 1.807) is 6.20 Å². The number of morpholine rings is 1. The topological polar surface area (TPSA) is 74.7 Å². The number of hydrogen-bond acceptors (Lipinski definition) is 6. The smallest absolute Gasteiger partial charge is 0.261 e. The van der Waals surface area contributed by atoms with E-state index in [1.165, 1.54) is 43.4 Å². The fourth-order valence-corrected chi connectivity index (χ4v) is 5.58. The summed E-state index contributed by atoms with van der Waals surface area (Å²) in [5.41, 5.74) is 0.955. The summed E-state index contributed by atoms with van der Waals surface area (Å²) < 4.78 is 6.15. The second-order valence-electron chi connectivity index (χ2n) is 7.80. The first kappa shape index (κ1) is 19.8. The Labute approximate surface area is 169 Å². The summed E-state index contributed by atoms with van der Waals surface area (Å²) in [5.74, 6) is 0.640. The van der Waals surface area contributed by atoms with E-state index < -0.39 is 0 Å². The summed E-state index contributed by atoms with van der Waals surface area (Å²) in [6.07, 6.45) is 8.40. The van der Waals surface area contributed by atoms with E-state index >= 15 is 0 Å². The molecule has 0 unspecified atom stereocenters. The number of amides is 1. The number of nitrogens with zero attached hydrogens (tertiary/aromatic N) is 2. The normalized spacial score (nSPS) is 21.8. The third-order valence-corrected chi connectivity index (χ3v) is 6.95. The van der Waals surface area contributed by atoms with Crippen molar-refractivity contribution in [1.82, 2.24) is 15.2 Å². The van der Waals surface area contributed by atoms with Gasteiger partial charge >= 0.3 is 0 Å². The fraction of sp³-hybridized carbons (Fsp3) is 0.619. The van der Waals surface area contributed by atoms with Crippen molar-refractivity contribution >= 4 is 27.5 Å². The van der Waals surface area contributed by atoms with Crippen LogP contribution in [0.15, 0.2) is 18.3 Å². The summed E-state index contributed by atoms with van der Waals surface area (Å²) in [5, 5.41) is 12.9. The minimum absolute atomic E-state index is 0.0701. The maximum Gasteiger partial charge on any atom is 0.261 e. The van der Waals surface area contributed by atoms with Crippen LogP contribution in [-0.4, -0.2) is 60.3 Å². The molecule has 1 saturated heterocycles. The van der Waals surface area contributed by atoms with Gasteiger partial charge in [-0.25, -0.2) is 4.98 Å². The Morgan fingerprint density at radius 1 is 1.36 bits per heavy atom. The molecule has 3 heterocycles. The molecule has 28 heavy (non-hydrogen) atoms. The summed E-state index contributed by atoms with van der Waals surface area (Å²) in [4.78, 5) is 21.2. The predicted octanol–water partition coefficient (Wildman–Crippen LogP) is 2.97. The Morgan fingerprint density at radius 2 is 2.21 bits per heavy atom. The van der Waals surface area contributed by atoms with Crippen molar-refractivity contribution < 1.29 is 14.6 Å². The second-order valence-corrected chi connectivity index (χ2v) is 8.80. The Balaban J connectivity index is 1.57. The van der Waals surface area contributed by atoms with Gasteiger partial charge in [-0.2, -0.15) is 0 Å². The molecule has 2 aromatic heterocycles. The van der Waals surface area contributed by atoms with E-state index in [-0.39, 0.29) is 25.2 Å². The molecule has 1 aliphatic carbocycles. The lowest BCUT2D eigenvalue weighted by Crippen LogP contribution is -2.41. The Morgan fingerprint density at radius 3 is 3.04 bits per heavy atom. The monoisotopic (exact) mass is 403 g/mol. The third-order valence-electron chi connectivity index (χ3n) is 5.82. The SMILES string of the molecule is O=C(NCCO)c1sc2ncccc2c1[C@H]1CN(CC2CCCCC2)CCO1. The molecule has 0 aromatic carbocycles. The predicted molar refractivity (Wildman–Crippen MR) is 111 cm³/mol. The van der Waals surface area contributed by atoms with Gasteiger partial charge in [0.2, 0.25) is 0 Å². The van der Waals surface area contributed by atoms with Crippen LogP contribution in [0.5, 0.6) is 0 Å². The number of pyridine rings is 1. The van der Waals surface area contributed by atoms with Crippen molar-refractivity contribution in [2.75, 3.05) is 39.4 Å². The summed E-state index contributed by atoms with van der Waals surface area (Å²) in [6.45, 7) is 3.77. The van der Waals surface area contributed by atoms with Gasteiger partial charge in [-0.05, 0) is 24.8 Å². The number of carbonyl (C=O) groups is 1. The van der Waals surface area contributed by atoms with Gasteiger partial charge in [0.05, 0.1) is 19.3 Å². The molecule has 0 radical (unpaired) electrons. The van der Waals surface area contributed by atoms with Crippen LogP contribution >= 0.6 is 11.3 Å². The van der Waals surface area contributed by atoms with Gasteiger partial charge in [0.25, 0.3) is 5.91 Å². The highest BCUT2D eigenvalue weighted by atomic mass is 32.1. The fourth-order valence-electron chi connectivity index (χ4n) is 4.47. The number of rotatable bonds is 6. The number of aromatic nitrogens is 1. The summed E-state index contributed by atoms with van der Waals surface area (Å²) in [7, 11) is 0. The van der Waals surface area contributed by atoms with Crippen molar-refractivity contribution in [2.24, 2.45) is 5.92 Å². The molecule has 1 saturated carbocycles. The standard InChI is InChI=1S/C21H29N3O3S/c25-11-9-22-20(26)19-18(16-7-4-8-23-21(16)28-19)17-14-24(10-12-27-17)13-15-5-2-1-3-6-15/h4,7-8,15,17,25H,1-3,5-6,9-14H2,(H,22,26)/t17-/m1/s1. The molecule has 1 amide bonds. The van der Waals surface area contributed by atoms with Crippen LogP contribution in [0.2, 0.25) is 0 Å². The Bertz CT molecular complexity index is 803. The van der Waals surface area contributed by atoms with Crippen LogP contribution < -0.4 is 5.32 Å². The number of carbonyl (C=O) groups excluding carboxylic acids is 1. The molecule has 152 valence electrons. The summed E-state index contributed by atoms with van der Waals surface area (Å²) in [6, 6.07) is 3.94. The van der Waals surface area contributed by atoms with Gasteiger partial charge in [0.1, 0.15) is 9.71 Å². The molecule has 2 aromatic rings. The molecule has 0 spiro atoms. The van der Waals surface area contributed by atoms with Crippen LogP contribution in [0.3, 0.4) is 0 Å². The number of hydrogen-bond donors (Lipinski definition) is 2. The Kier molecular flexibility index (Phi) is 6.57. The number of aliphatic hydroxyl groups is 1. The average Bonchev–Trinajstić information content (AvgIpc) is 3.13. The van der Waals surface area contributed by atoms with Crippen molar-refractivity contribution in [3.8, 4) is 0 Å². The third kappa shape index (κ3) is 4.38. The minimum atomic E-state index is -0.153. The largest absolute Gasteiger partial charge is 0.395 e. The Hall–Kier alpha value is -1.54. The van der Waals surface area contributed by atoms with Crippen molar-refractivity contribution in [2.45, 2.75) is 38.2 Å². The molecule has 7 heteroatoms. The number of nitrogens with one attached hydrogen (secondary N) is 1. The van der Waals surface area contributed by atoms with E-state index in [0.717, 1.165) is 41.3 Å². The lowest BCUT2D eigenvalue weighted by Gasteiger charge is -2.36. The molecule has 2 N–H and O–H groups in total. The number of ether oxygens (including phenoxy) is 1. The maximum absolute atomic E-state index is 12.7. The molecule has 1 atom stereocenters. The number of aliphatic hydroxyl groups excluding tert-OH is 1. The van der Waals surface area contributed by atoms with Gasteiger partial charge < -0.3 is 15.2 Å². The second kappa shape index (κ2) is 9.31. The number of thiophene rings is 1. The molecule has 0 bridgehead atoms. The van der Waals surface area contributed by atoms with E-state index in [9.17, 15) is 4.79 Å². The van der Waals surface area contributed by atoms with Gasteiger partial charge in [0.15, 0.2) is 0 Å². The van der Waals surface area contributed by atoms with Gasteiger partial charge in [0, 0.05) is 43.3 Å². The zero-order valence-corrected chi connectivity index (χ0v) is 17.0. The molecule has 2 fully saturated rings. The van der Waals surface area contributed by atoms with Crippen LogP contribution in [0.4, 0.5) is 0 Å². The zero-order valence-electron chi connectivity index (χ0n) is 16.2. The van der Waals surface area contributed by atoms with E-state index in [2.05, 4.69) is 15.2 Å². The first-order valence-corrected chi connectivity index (χ1v) is 11.2. The van der Waals surface area contributed by atoms with Gasteiger partial charge in [-0.15, -0.1) is 11.3 Å². The maximum atomic E-state index is 12.7. The highest BCUT2D eigenvalue weighted by Gasteiger charge is 2.31. The van der Waals surface area contributed by atoms with Crippen LogP contribution in [-0.2, 0) is 4.74 Å². The van der Waals surface area contributed by atoms with E-state index in [0.29, 0.717) is 11.5 Å². The van der Waals surface area contributed by atoms with E-state index in [1.807, 2.05) is 12.1 Å². The molecule has 2 aliphatic rings. The van der Waals surface area contributed by atoms with Crippen LogP contribution in [0, 0.1) is 5.92 Å². The van der Waals surface area contributed by atoms with Gasteiger partial charge in [-0.3, -0.25) is 9.69 Å². The highest BCUT2D eigenvalue weighted by molar-refractivity contribution is 7.20. The molecule has 6 nitrogen and oxygen atoms in total. The van der Waals surface area contributed by atoms with Crippen molar-refractivity contribution in [1.29, 1.82) is 0 Å². The lowest BCUT2D eigenvalue weighted by molar-refractivity contribution is -0.0353. The minimum Gasteiger partial charge on any atom is -0.395 e. The molecular formula is C21H29N3O3S. The van der Waals surface area contributed by atoms with Gasteiger partial charge in [-0.1, -0.05) is 25.3 Å². The first-order valence-electron chi connectivity index (χ1n) is 10.4. The molecule has 4 rings (SSSR count). The molecule has 1 aliphatic heterocycles. The lowest BCUT2D eigenvalue weighted by atomic mass is 9.88. The highest BCUT2D eigenvalue weighted by Crippen LogP contribution is 2.37. The van der Waals surface area contributed by atoms with Crippen molar-refractivity contribution in [3.63, 3.8) is 0 Å². The average molecular weight is 404 g/mol. The van der Waals surface area contributed by atoms with Crippen LogP contribution in [0.1, 0.15) is 53.4 Å². The van der Waals surface area contributed by atoms with Crippen LogP contribution in [0.25, 0.3) is 10.2 Å². The summed E-state index contributed by atoms with van der Waals surface area (Å²) >= 11 is 1.41. The van der Waals surface area contributed by atoms with E-state index in [4.69, 9.17) is 9.84 Å². The first-order chi connectivity index (χ1) is 13.8. The number of fused-ring (bicyclic) bond motifs is 1. The molecular weight excluding hydrogens is 374 g/mol.